The molecule has 0 aliphatic heterocycles. The summed E-state index contributed by atoms with van der Waals surface area (Å²) in [6.45, 7) is 0. The largest absolute Gasteiger partial charge is 1.00 e. The summed E-state index contributed by atoms with van der Waals surface area (Å²) in [5, 5.41) is 1.25. The van der Waals surface area contributed by atoms with Gasteiger partial charge in [-0.3, -0.25) is 0 Å². The third-order valence-corrected chi connectivity index (χ3v) is 2.32. The molecule has 0 atom stereocenters. The Morgan fingerprint density at radius 3 is 2.64 bits per heavy atom. The summed E-state index contributed by atoms with van der Waals surface area (Å²) in [5.41, 5.74) is 3.52. The number of nitrogens with one attached hydrogen (secondary N) is 2. The lowest BCUT2D eigenvalue weighted by Crippen LogP contribution is -3.00. The molecule has 3 aromatic rings. The van der Waals surface area contributed by atoms with Crippen LogP contribution in [0.4, 0.5) is 0 Å². The minimum absolute atomic E-state index is 0. The molecule has 70 valence electrons. The molecule has 0 amide bonds. The van der Waals surface area contributed by atoms with Crippen molar-refractivity contribution in [3.63, 3.8) is 0 Å². The summed E-state index contributed by atoms with van der Waals surface area (Å²) >= 11 is 0. The van der Waals surface area contributed by atoms with Gasteiger partial charge in [0.1, 0.15) is 5.52 Å². The van der Waals surface area contributed by atoms with E-state index in [0.717, 1.165) is 5.52 Å². The second kappa shape index (κ2) is 3.31. The van der Waals surface area contributed by atoms with Crippen LogP contribution in [0.3, 0.4) is 0 Å². The molecule has 0 bridgehead atoms. The molecule has 0 aliphatic carbocycles. The second-order valence-corrected chi connectivity index (χ2v) is 3.13. The Morgan fingerprint density at radius 1 is 0.929 bits per heavy atom. The third kappa shape index (κ3) is 1.16. The minimum atomic E-state index is 0. The van der Waals surface area contributed by atoms with Gasteiger partial charge in [-0.15, -0.1) is 0 Å². The SMILES string of the molecule is [Cl-].c1ccc2c(c1)[nH]c1ccc[nH+]c12. The number of H-pyrrole nitrogens is 2. The molecular weight excluding hydrogens is 196 g/mol. The number of aromatic nitrogens is 2. The van der Waals surface area contributed by atoms with Crippen LogP contribution in [0.5, 0.6) is 0 Å². The van der Waals surface area contributed by atoms with Gasteiger partial charge in [-0.05, 0) is 18.2 Å². The minimum Gasteiger partial charge on any atom is -1.00 e. The highest BCUT2D eigenvalue weighted by atomic mass is 35.5. The van der Waals surface area contributed by atoms with Crippen molar-refractivity contribution in [3.05, 3.63) is 42.6 Å². The molecule has 1 aromatic carbocycles. The average molecular weight is 205 g/mol. The van der Waals surface area contributed by atoms with Gasteiger partial charge in [0.15, 0.2) is 6.20 Å². The molecule has 0 radical (unpaired) electrons. The van der Waals surface area contributed by atoms with Crippen LogP contribution in [-0.4, -0.2) is 4.98 Å². The highest BCUT2D eigenvalue weighted by molar-refractivity contribution is 6.02. The molecule has 3 rings (SSSR count). The molecular formula is C11H9ClN2. The van der Waals surface area contributed by atoms with Gasteiger partial charge in [0.25, 0.3) is 0 Å². The number of para-hydroxylation sites is 1. The summed E-state index contributed by atoms with van der Waals surface area (Å²) in [7, 11) is 0. The van der Waals surface area contributed by atoms with E-state index < -0.39 is 0 Å². The molecule has 0 unspecified atom stereocenters. The lowest BCUT2D eigenvalue weighted by molar-refractivity contribution is -0.343. The van der Waals surface area contributed by atoms with Crippen molar-refractivity contribution in [2.45, 2.75) is 0 Å². The van der Waals surface area contributed by atoms with Crippen molar-refractivity contribution in [1.29, 1.82) is 0 Å². The van der Waals surface area contributed by atoms with Crippen molar-refractivity contribution in [2.24, 2.45) is 0 Å². The first-order chi connectivity index (χ1) is 6.45. The maximum atomic E-state index is 3.35. The van der Waals surface area contributed by atoms with E-state index in [-0.39, 0.29) is 12.4 Å². The van der Waals surface area contributed by atoms with Crippen LogP contribution in [0, 0.1) is 0 Å². The van der Waals surface area contributed by atoms with Crippen LogP contribution in [0.1, 0.15) is 0 Å². The fraction of sp³-hybridized carbons (Fsp3) is 0. The first-order valence-corrected chi connectivity index (χ1v) is 4.32. The van der Waals surface area contributed by atoms with Crippen molar-refractivity contribution in [2.75, 3.05) is 0 Å². The van der Waals surface area contributed by atoms with Gasteiger partial charge in [0, 0.05) is 6.07 Å². The Hall–Kier alpha value is -1.54. The number of rotatable bonds is 0. The van der Waals surface area contributed by atoms with Gasteiger partial charge in [-0.25, -0.2) is 4.98 Å². The third-order valence-electron chi connectivity index (χ3n) is 2.32. The van der Waals surface area contributed by atoms with E-state index in [1.54, 1.807) is 0 Å². The first-order valence-electron chi connectivity index (χ1n) is 4.32. The molecule has 14 heavy (non-hydrogen) atoms. The molecule has 2 aromatic heterocycles. The Kier molecular flexibility index (Phi) is 2.14. The highest BCUT2D eigenvalue weighted by Crippen LogP contribution is 2.20. The van der Waals surface area contributed by atoms with E-state index in [2.05, 4.69) is 34.2 Å². The maximum Gasteiger partial charge on any atom is 0.236 e. The number of hydrogen-bond donors (Lipinski definition) is 1. The Balaban J connectivity index is 0.000000750. The lowest BCUT2D eigenvalue weighted by Gasteiger charge is -1.82. The summed E-state index contributed by atoms with van der Waals surface area (Å²) < 4.78 is 0. The number of pyridine rings is 1. The first kappa shape index (κ1) is 9.03. The van der Waals surface area contributed by atoms with Gasteiger partial charge in [0.05, 0.1) is 10.9 Å². The van der Waals surface area contributed by atoms with Crippen LogP contribution in [0.2, 0.25) is 0 Å². The predicted molar refractivity (Wildman–Crippen MR) is 52.4 cm³/mol. The van der Waals surface area contributed by atoms with Crippen LogP contribution in [-0.2, 0) is 0 Å². The van der Waals surface area contributed by atoms with Gasteiger partial charge in [-0.1, -0.05) is 12.1 Å². The molecule has 0 aliphatic rings. The quantitative estimate of drug-likeness (QED) is 0.494. The van der Waals surface area contributed by atoms with E-state index in [4.69, 9.17) is 0 Å². The van der Waals surface area contributed by atoms with Crippen LogP contribution in [0.25, 0.3) is 21.9 Å². The Bertz CT molecular complexity index is 521. The van der Waals surface area contributed by atoms with E-state index in [0.29, 0.717) is 0 Å². The van der Waals surface area contributed by atoms with E-state index in [1.165, 1.54) is 16.4 Å². The normalized spacial score (nSPS) is 10.3. The second-order valence-electron chi connectivity index (χ2n) is 3.13. The predicted octanol–water partition coefficient (Wildman–Crippen LogP) is -0.861. The molecule has 3 heteroatoms. The fourth-order valence-electron chi connectivity index (χ4n) is 1.72. The maximum absolute atomic E-state index is 3.35. The van der Waals surface area contributed by atoms with Gasteiger partial charge < -0.3 is 17.4 Å². The van der Waals surface area contributed by atoms with Crippen LogP contribution < -0.4 is 17.4 Å². The molecule has 2 nitrogen and oxygen atoms in total. The number of benzene rings is 1. The van der Waals surface area contributed by atoms with E-state index >= 15 is 0 Å². The summed E-state index contributed by atoms with van der Waals surface area (Å²) in [6, 6.07) is 12.4. The highest BCUT2D eigenvalue weighted by Gasteiger charge is 2.06. The van der Waals surface area contributed by atoms with Crippen molar-refractivity contribution < 1.29 is 17.4 Å². The Labute approximate surface area is 87.4 Å². The van der Waals surface area contributed by atoms with Crippen molar-refractivity contribution >= 4 is 21.9 Å². The number of fused-ring (bicyclic) bond motifs is 3. The van der Waals surface area contributed by atoms with Gasteiger partial charge >= 0.3 is 0 Å². The molecule has 0 spiro atoms. The Morgan fingerprint density at radius 2 is 1.71 bits per heavy atom. The zero-order chi connectivity index (χ0) is 8.67. The van der Waals surface area contributed by atoms with Crippen molar-refractivity contribution in [3.8, 4) is 0 Å². The lowest BCUT2D eigenvalue weighted by atomic mass is 10.2. The monoisotopic (exact) mass is 204 g/mol. The summed E-state index contributed by atoms with van der Waals surface area (Å²) in [5.74, 6) is 0. The molecule has 2 heterocycles. The molecule has 0 saturated carbocycles. The number of halogens is 1. The topological polar surface area (TPSA) is 29.9 Å². The van der Waals surface area contributed by atoms with Crippen LogP contribution in [0.15, 0.2) is 42.6 Å². The standard InChI is InChI=1S/C11H8N2.ClH/c1-2-5-9-8(4-1)11-10(13-9)6-3-7-12-11;/h1-7,13H;1H. The molecule has 2 N–H and O–H groups in total. The zero-order valence-corrected chi connectivity index (χ0v) is 8.18. The smallest absolute Gasteiger partial charge is 0.236 e. The summed E-state index contributed by atoms with van der Waals surface area (Å²) in [6.07, 6.45) is 1.95. The van der Waals surface area contributed by atoms with E-state index in [1.807, 2.05) is 18.3 Å². The zero-order valence-electron chi connectivity index (χ0n) is 7.42. The van der Waals surface area contributed by atoms with E-state index in [9.17, 15) is 0 Å². The molecule has 0 fully saturated rings. The fourth-order valence-corrected chi connectivity index (χ4v) is 1.72. The number of aromatic amines is 2. The van der Waals surface area contributed by atoms with Gasteiger partial charge in [0.2, 0.25) is 5.52 Å². The number of hydrogen-bond acceptors (Lipinski definition) is 0. The molecule has 0 saturated heterocycles. The summed E-state index contributed by atoms with van der Waals surface area (Å²) in [4.78, 5) is 6.59. The average Bonchev–Trinajstić information content (AvgIpc) is 2.56. The van der Waals surface area contributed by atoms with Gasteiger partial charge in [-0.2, -0.15) is 0 Å². The van der Waals surface area contributed by atoms with Crippen molar-refractivity contribution in [1.82, 2.24) is 4.98 Å². The van der Waals surface area contributed by atoms with Crippen LogP contribution >= 0.6 is 0 Å².